The molecule has 2 aliphatic rings. The first-order valence-corrected chi connectivity index (χ1v) is 11.6. The molecule has 0 spiro atoms. The number of furan rings is 1. The van der Waals surface area contributed by atoms with E-state index in [1.54, 1.807) is 6.20 Å². The van der Waals surface area contributed by atoms with Gasteiger partial charge in [0, 0.05) is 30.0 Å². The van der Waals surface area contributed by atoms with Gasteiger partial charge in [0.15, 0.2) is 0 Å². The maximum Gasteiger partial charge on any atom is 0.227 e. The molecule has 2 fully saturated rings. The number of piperidine rings is 1. The molecule has 2 aliphatic heterocycles. The van der Waals surface area contributed by atoms with Gasteiger partial charge in [0.05, 0.1) is 12.2 Å². The number of likely N-dealkylation sites (tertiary alicyclic amines) is 1. The first-order chi connectivity index (χ1) is 15.7. The summed E-state index contributed by atoms with van der Waals surface area (Å²) in [5, 5.41) is 10.0. The van der Waals surface area contributed by atoms with Crippen LogP contribution in [0.3, 0.4) is 0 Å². The molecule has 7 nitrogen and oxygen atoms in total. The highest BCUT2D eigenvalue weighted by Gasteiger charge is 2.26. The number of benzene rings is 1. The minimum absolute atomic E-state index is 0.0323. The predicted octanol–water partition coefficient (Wildman–Crippen LogP) is 4.76. The third kappa shape index (κ3) is 4.95. The lowest BCUT2D eigenvalue weighted by Gasteiger charge is -2.30. The monoisotopic (exact) mass is 434 g/mol. The number of anilines is 1. The van der Waals surface area contributed by atoms with E-state index in [1.807, 2.05) is 30.3 Å². The molecule has 168 valence electrons. The zero-order valence-corrected chi connectivity index (χ0v) is 18.3. The van der Waals surface area contributed by atoms with Crippen LogP contribution in [-0.2, 0) is 16.1 Å². The van der Waals surface area contributed by atoms with Crippen molar-refractivity contribution in [3.8, 4) is 11.3 Å². The number of rotatable bonds is 6. The Morgan fingerprint density at radius 2 is 2.03 bits per heavy atom. The average Bonchev–Trinajstić information content (AvgIpc) is 3.53. The maximum absolute atomic E-state index is 12.8. The molecule has 1 aromatic carbocycles. The third-order valence-corrected chi connectivity index (χ3v) is 6.46. The number of hydrogen-bond acceptors (Lipinski definition) is 5. The smallest absolute Gasteiger partial charge is 0.227 e. The summed E-state index contributed by atoms with van der Waals surface area (Å²) < 4.78 is 11.9. The fourth-order valence-corrected chi connectivity index (χ4v) is 4.62. The van der Waals surface area contributed by atoms with E-state index < -0.39 is 0 Å². The molecule has 2 saturated heterocycles. The van der Waals surface area contributed by atoms with Gasteiger partial charge in [-0.3, -0.25) is 14.8 Å². The molecule has 0 saturated carbocycles. The third-order valence-electron chi connectivity index (χ3n) is 6.46. The van der Waals surface area contributed by atoms with E-state index in [1.165, 1.54) is 6.42 Å². The Kier molecular flexibility index (Phi) is 6.36. The van der Waals surface area contributed by atoms with Crippen LogP contribution >= 0.6 is 0 Å². The lowest BCUT2D eigenvalue weighted by atomic mass is 9.95. The van der Waals surface area contributed by atoms with E-state index >= 15 is 0 Å². The Morgan fingerprint density at radius 3 is 2.81 bits per heavy atom. The van der Waals surface area contributed by atoms with E-state index in [0.29, 0.717) is 0 Å². The predicted molar refractivity (Wildman–Crippen MR) is 122 cm³/mol. The summed E-state index contributed by atoms with van der Waals surface area (Å²) in [6, 6.07) is 13.9. The minimum Gasteiger partial charge on any atom is -0.462 e. The minimum atomic E-state index is 0.0323. The number of hydrogen-bond donors (Lipinski definition) is 2. The van der Waals surface area contributed by atoms with Crippen LogP contribution in [0.2, 0.25) is 0 Å². The molecule has 0 radical (unpaired) electrons. The molecule has 0 bridgehead atoms. The van der Waals surface area contributed by atoms with E-state index in [4.69, 9.17) is 9.15 Å². The lowest BCUT2D eigenvalue weighted by Crippen LogP contribution is -2.37. The van der Waals surface area contributed by atoms with Gasteiger partial charge in [-0.1, -0.05) is 12.1 Å². The molecule has 2 N–H and O–H groups in total. The van der Waals surface area contributed by atoms with Crippen molar-refractivity contribution in [2.75, 3.05) is 25.0 Å². The summed E-state index contributed by atoms with van der Waals surface area (Å²) in [5.74, 6) is 2.06. The maximum atomic E-state index is 12.8. The van der Waals surface area contributed by atoms with Crippen LogP contribution in [0.5, 0.6) is 0 Å². The van der Waals surface area contributed by atoms with E-state index in [9.17, 15) is 4.79 Å². The molecule has 2 aromatic heterocycles. The van der Waals surface area contributed by atoms with Gasteiger partial charge in [0.2, 0.25) is 5.91 Å². The highest BCUT2D eigenvalue weighted by Crippen LogP contribution is 2.30. The van der Waals surface area contributed by atoms with E-state index in [0.717, 1.165) is 80.4 Å². The molecule has 1 atom stereocenters. The van der Waals surface area contributed by atoms with Crippen LogP contribution in [-0.4, -0.2) is 40.7 Å². The normalized spacial score (nSPS) is 20.3. The second-order valence-electron chi connectivity index (χ2n) is 8.75. The number of nitrogens with zero attached hydrogens (tertiary/aromatic N) is 2. The number of carbonyl (C=O) groups excluding carboxylic acids is 1. The van der Waals surface area contributed by atoms with E-state index in [2.05, 4.69) is 32.5 Å². The van der Waals surface area contributed by atoms with Crippen LogP contribution < -0.4 is 5.32 Å². The van der Waals surface area contributed by atoms with Crippen molar-refractivity contribution in [3.05, 3.63) is 60.2 Å². The zero-order chi connectivity index (χ0) is 21.8. The van der Waals surface area contributed by atoms with Crippen molar-refractivity contribution in [1.29, 1.82) is 0 Å². The number of ether oxygens (including phenoxy) is 1. The molecule has 5 rings (SSSR count). The Morgan fingerprint density at radius 1 is 1.12 bits per heavy atom. The van der Waals surface area contributed by atoms with Gasteiger partial charge in [-0.15, -0.1) is 0 Å². The number of carbonyl (C=O) groups is 1. The van der Waals surface area contributed by atoms with Gasteiger partial charge >= 0.3 is 0 Å². The number of aromatic nitrogens is 2. The van der Waals surface area contributed by atoms with Crippen molar-refractivity contribution < 1.29 is 13.9 Å². The quantitative estimate of drug-likeness (QED) is 0.584. The molecule has 0 aliphatic carbocycles. The summed E-state index contributed by atoms with van der Waals surface area (Å²) in [6.45, 7) is 3.39. The Balaban J connectivity index is 1.11. The molecule has 4 heterocycles. The average molecular weight is 435 g/mol. The van der Waals surface area contributed by atoms with Crippen LogP contribution in [0.1, 0.15) is 49.7 Å². The largest absolute Gasteiger partial charge is 0.462 e. The van der Waals surface area contributed by atoms with Crippen molar-refractivity contribution in [2.45, 2.75) is 44.8 Å². The van der Waals surface area contributed by atoms with Gasteiger partial charge < -0.3 is 14.5 Å². The van der Waals surface area contributed by atoms with Gasteiger partial charge in [0.25, 0.3) is 0 Å². The summed E-state index contributed by atoms with van der Waals surface area (Å²) in [5.41, 5.74) is 2.76. The van der Waals surface area contributed by atoms with Crippen LogP contribution in [0, 0.1) is 5.92 Å². The number of H-pyrrole nitrogens is 1. The molecule has 0 unspecified atom stereocenters. The van der Waals surface area contributed by atoms with E-state index in [-0.39, 0.29) is 17.9 Å². The molecular formula is C25H30N4O3. The molecular weight excluding hydrogens is 404 g/mol. The summed E-state index contributed by atoms with van der Waals surface area (Å²) in [7, 11) is 0. The Labute approximate surface area is 188 Å². The van der Waals surface area contributed by atoms with Crippen molar-refractivity contribution >= 4 is 11.6 Å². The molecule has 32 heavy (non-hydrogen) atoms. The van der Waals surface area contributed by atoms with Crippen LogP contribution in [0.4, 0.5) is 5.69 Å². The van der Waals surface area contributed by atoms with Crippen molar-refractivity contribution in [1.82, 2.24) is 15.1 Å². The first-order valence-electron chi connectivity index (χ1n) is 11.6. The lowest BCUT2D eigenvalue weighted by molar-refractivity contribution is -0.121. The Hall–Kier alpha value is -2.90. The van der Waals surface area contributed by atoms with Crippen molar-refractivity contribution in [2.24, 2.45) is 5.92 Å². The van der Waals surface area contributed by atoms with Gasteiger partial charge in [-0.05, 0) is 75.5 Å². The van der Waals surface area contributed by atoms with Crippen LogP contribution in [0.25, 0.3) is 11.3 Å². The highest BCUT2D eigenvalue weighted by atomic mass is 16.5. The summed E-state index contributed by atoms with van der Waals surface area (Å²) in [6.07, 6.45) is 6.92. The summed E-state index contributed by atoms with van der Waals surface area (Å²) >= 11 is 0. The molecule has 7 heteroatoms. The number of amides is 1. The van der Waals surface area contributed by atoms with Gasteiger partial charge in [-0.2, -0.15) is 5.10 Å². The first kappa shape index (κ1) is 21.0. The fourth-order valence-electron chi connectivity index (χ4n) is 4.62. The summed E-state index contributed by atoms with van der Waals surface area (Å²) in [4.78, 5) is 15.2. The molecule has 3 aromatic rings. The van der Waals surface area contributed by atoms with Gasteiger partial charge in [0.1, 0.15) is 17.6 Å². The van der Waals surface area contributed by atoms with Gasteiger partial charge in [-0.25, -0.2) is 0 Å². The van der Waals surface area contributed by atoms with Crippen molar-refractivity contribution in [3.63, 3.8) is 0 Å². The number of aromatic amines is 1. The fraction of sp³-hybridized carbons (Fsp3) is 0.440. The standard InChI is InChI=1S/C25H30N4O3/c30-25(27-20-5-3-4-19(16-20)22-9-12-26-28-22)18-10-13-29(14-11-18)17-21-7-8-24(32-21)23-6-1-2-15-31-23/h3-5,7-9,12,16,18,23H,1-2,6,10-11,13-15,17H2,(H,26,28)(H,27,30)/t23-/m0/s1. The van der Waals surface area contributed by atoms with Crippen LogP contribution in [0.15, 0.2) is 53.1 Å². The second-order valence-corrected chi connectivity index (χ2v) is 8.75. The Bertz CT molecular complexity index is 1020. The zero-order valence-electron chi connectivity index (χ0n) is 18.3. The molecule has 1 amide bonds. The number of nitrogens with one attached hydrogen (secondary N) is 2. The highest BCUT2D eigenvalue weighted by molar-refractivity contribution is 5.93. The topological polar surface area (TPSA) is 83.4 Å². The second kappa shape index (κ2) is 9.71. The SMILES string of the molecule is O=C(Nc1cccc(-c2ccn[nH]2)c1)C1CCN(Cc2ccc([C@@H]3CCCCO3)o2)CC1.